The molecule has 0 aromatic heterocycles. The second kappa shape index (κ2) is 6.39. The number of hydrogen-bond donors (Lipinski definition) is 3. The third-order valence-corrected chi connectivity index (χ3v) is 3.53. The molecular weight excluding hydrogens is 270 g/mol. The van der Waals surface area contributed by atoms with E-state index in [9.17, 15) is 14.4 Å². The number of hydrogen-bond acceptors (Lipinski definition) is 3. The Labute approximate surface area is 123 Å². The Kier molecular flexibility index (Phi) is 4.57. The summed E-state index contributed by atoms with van der Waals surface area (Å²) in [6, 6.07) is 6.32. The number of carbonyl (C=O) groups excluding carboxylic acids is 3. The molecule has 0 aliphatic carbocycles. The molecule has 1 saturated heterocycles. The normalized spacial score (nSPS) is 18.9. The van der Waals surface area contributed by atoms with Gasteiger partial charge in [0.1, 0.15) is 12.1 Å². The molecule has 6 nitrogen and oxygen atoms in total. The van der Waals surface area contributed by atoms with Crippen molar-refractivity contribution in [3.8, 4) is 0 Å². The van der Waals surface area contributed by atoms with Crippen molar-refractivity contribution in [1.82, 2.24) is 10.6 Å². The van der Waals surface area contributed by atoms with E-state index in [-0.39, 0.29) is 11.8 Å². The molecule has 6 heteroatoms. The van der Waals surface area contributed by atoms with Gasteiger partial charge in [-0.2, -0.15) is 0 Å². The molecule has 112 valence electrons. The third kappa shape index (κ3) is 4.05. The van der Waals surface area contributed by atoms with Gasteiger partial charge in [0.15, 0.2) is 0 Å². The van der Waals surface area contributed by atoms with Gasteiger partial charge in [-0.3, -0.25) is 14.4 Å². The molecule has 3 amide bonds. The van der Waals surface area contributed by atoms with E-state index in [0.717, 1.165) is 11.1 Å². The largest absolute Gasteiger partial charge is 0.368 e. The minimum Gasteiger partial charge on any atom is -0.368 e. The van der Waals surface area contributed by atoms with Gasteiger partial charge in [-0.05, 0) is 18.9 Å². The SMILES string of the molecule is Cc1ccc(C[C@@H](NC(=O)[C@@H]2CCC(=O)N2)C(N)=O)cc1. The minimum atomic E-state index is -0.780. The van der Waals surface area contributed by atoms with E-state index < -0.39 is 18.0 Å². The van der Waals surface area contributed by atoms with Crippen LogP contribution in [0.1, 0.15) is 24.0 Å². The molecule has 2 atom stereocenters. The lowest BCUT2D eigenvalue weighted by atomic mass is 10.0. The van der Waals surface area contributed by atoms with Crippen LogP contribution in [0.2, 0.25) is 0 Å². The van der Waals surface area contributed by atoms with Crippen LogP contribution >= 0.6 is 0 Å². The highest BCUT2D eigenvalue weighted by Gasteiger charge is 2.29. The molecule has 4 N–H and O–H groups in total. The zero-order valence-corrected chi connectivity index (χ0v) is 11.9. The zero-order valence-electron chi connectivity index (χ0n) is 11.9. The van der Waals surface area contributed by atoms with Gasteiger partial charge in [0.05, 0.1) is 0 Å². The van der Waals surface area contributed by atoms with E-state index in [0.29, 0.717) is 19.3 Å². The first-order valence-electron chi connectivity index (χ1n) is 6.90. The van der Waals surface area contributed by atoms with Crippen LogP contribution in [0.4, 0.5) is 0 Å². The monoisotopic (exact) mass is 289 g/mol. The van der Waals surface area contributed by atoms with E-state index >= 15 is 0 Å². The van der Waals surface area contributed by atoms with Crippen molar-refractivity contribution in [2.45, 2.75) is 38.3 Å². The maximum atomic E-state index is 12.0. The van der Waals surface area contributed by atoms with Crippen LogP contribution in [0.15, 0.2) is 24.3 Å². The van der Waals surface area contributed by atoms with Crippen LogP contribution in [0.5, 0.6) is 0 Å². The lowest BCUT2D eigenvalue weighted by Crippen LogP contribution is -2.51. The molecule has 0 spiro atoms. The van der Waals surface area contributed by atoms with E-state index in [4.69, 9.17) is 5.73 Å². The van der Waals surface area contributed by atoms with Crippen LogP contribution in [-0.4, -0.2) is 29.8 Å². The Morgan fingerprint density at radius 1 is 1.38 bits per heavy atom. The standard InChI is InChI=1S/C15H19N3O3/c1-9-2-4-10(5-3-9)8-12(14(16)20)18-15(21)11-6-7-13(19)17-11/h2-5,11-12H,6-8H2,1H3,(H2,16,20)(H,17,19)(H,18,21)/t11-,12+/m0/s1. The average Bonchev–Trinajstić information content (AvgIpc) is 2.87. The van der Waals surface area contributed by atoms with Crippen molar-refractivity contribution in [3.05, 3.63) is 35.4 Å². The fourth-order valence-corrected chi connectivity index (χ4v) is 2.27. The predicted molar refractivity (Wildman–Crippen MR) is 77.2 cm³/mol. The summed E-state index contributed by atoms with van der Waals surface area (Å²) in [5, 5.41) is 5.18. The topological polar surface area (TPSA) is 101 Å². The smallest absolute Gasteiger partial charge is 0.243 e. The summed E-state index contributed by atoms with van der Waals surface area (Å²) in [5.74, 6) is -1.10. The third-order valence-electron chi connectivity index (χ3n) is 3.53. The van der Waals surface area contributed by atoms with Crippen molar-refractivity contribution in [3.63, 3.8) is 0 Å². The Hall–Kier alpha value is -2.37. The summed E-state index contributed by atoms with van der Waals surface area (Å²) in [6.45, 7) is 1.97. The van der Waals surface area contributed by atoms with Crippen molar-refractivity contribution >= 4 is 17.7 Å². The van der Waals surface area contributed by atoms with Crippen molar-refractivity contribution in [2.24, 2.45) is 5.73 Å². The molecule has 0 radical (unpaired) electrons. The summed E-state index contributed by atoms with van der Waals surface area (Å²) >= 11 is 0. The predicted octanol–water partition coefficient (Wildman–Crippen LogP) is -0.214. The van der Waals surface area contributed by atoms with Gasteiger partial charge in [0.25, 0.3) is 0 Å². The number of nitrogens with two attached hydrogens (primary N) is 1. The number of primary amides is 1. The minimum absolute atomic E-state index is 0.149. The van der Waals surface area contributed by atoms with Gasteiger partial charge in [0, 0.05) is 12.8 Å². The van der Waals surface area contributed by atoms with Gasteiger partial charge < -0.3 is 16.4 Å². The van der Waals surface area contributed by atoms with Crippen LogP contribution < -0.4 is 16.4 Å². The van der Waals surface area contributed by atoms with E-state index in [1.54, 1.807) is 0 Å². The molecule has 0 unspecified atom stereocenters. The second-order valence-corrected chi connectivity index (χ2v) is 5.31. The maximum Gasteiger partial charge on any atom is 0.243 e. The maximum absolute atomic E-state index is 12.0. The first kappa shape index (κ1) is 15.0. The fourth-order valence-electron chi connectivity index (χ4n) is 2.27. The molecule has 1 aromatic carbocycles. The molecule has 1 heterocycles. The quantitative estimate of drug-likeness (QED) is 0.699. The lowest BCUT2D eigenvalue weighted by Gasteiger charge is -2.18. The second-order valence-electron chi connectivity index (χ2n) is 5.31. The first-order chi connectivity index (χ1) is 9.95. The molecule has 1 aromatic rings. The molecule has 1 fully saturated rings. The molecule has 2 rings (SSSR count). The summed E-state index contributed by atoms with van der Waals surface area (Å²) in [5.41, 5.74) is 7.38. The van der Waals surface area contributed by atoms with Crippen LogP contribution in [-0.2, 0) is 20.8 Å². The van der Waals surface area contributed by atoms with Crippen LogP contribution in [0.3, 0.4) is 0 Å². The van der Waals surface area contributed by atoms with Gasteiger partial charge in [-0.25, -0.2) is 0 Å². The highest BCUT2D eigenvalue weighted by molar-refractivity contribution is 5.93. The molecule has 1 aliphatic heterocycles. The van der Waals surface area contributed by atoms with Crippen molar-refractivity contribution in [2.75, 3.05) is 0 Å². The lowest BCUT2D eigenvalue weighted by molar-refractivity contribution is -0.129. The molecule has 1 aliphatic rings. The van der Waals surface area contributed by atoms with Gasteiger partial charge in [0.2, 0.25) is 17.7 Å². The molecule has 21 heavy (non-hydrogen) atoms. The summed E-state index contributed by atoms with van der Waals surface area (Å²) in [7, 11) is 0. The van der Waals surface area contributed by atoms with Gasteiger partial charge >= 0.3 is 0 Å². The highest BCUT2D eigenvalue weighted by atomic mass is 16.2. The van der Waals surface area contributed by atoms with Gasteiger partial charge in [-0.1, -0.05) is 29.8 Å². The Balaban J connectivity index is 1.99. The summed E-state index contributed by atoms with van der Waals surface area (Å²) in [6.07, 6.45) is 1.11. The molecule has 0 saturated carbocycles. The number of amides is 3. The first-order valence-corrected chi connectivity index (χ1v) is 6.90. The molecule has 0 bridgehead atoms. The van der Waals surface area contributed by atoms with Crippen LogP contribution in [0, 0.1) is 6.92 Å². The average molecular weight is 289 g/mol. The van der Waals surface area contributed by atoms with Gasteiger partial charge in [-0.15, -0.1) is 0 Å². The van der Waals surface area contributed by atoms with E-state index in [2.05, 4.69) is 10.6 Å². The highest BCUT2D eigenvalue weighted by Crippen LogP contribution is 2.09. The van der Waals surface area contributed by atoms with Crippen molar-refractivity contribution < 1.29 is 14.4 Å². The fraction of sp³-hybridized carbons (Fsp3) is 0.400. The van der Waals surface area contributed by atoms with E-state index in [1.807, 2.05) is 31.2 Å². The number of aryl methyl sites for hydroxylation is 1. The summed E-state index contributed by atoms with van der Waals surface area (Å²) < 4.78 is 0. The number of carbonyl (C=O) groups is 3. The van der Waals surface area contributed by atoms with Crippen molar-refractivity contribution in [1.29, 1.82) is 0 Å². The Morgan fingerprint density at radius 3 is 2.57 bits per heavy atom. The zero-order chi connectivity index (χ0) is 15.4. The number of benzene rings is 1. The van der Waals surface area contributed by atoms with Crippen LogP contribution in [0.25, 0.3) is 0 Å². The summed E-state index contributed by atoms with van der Waals surface area (Å²) in [4.78, 5) is 34.6. The molecular formula is C15H19N3O3. The number of rotatable bonds is 5. The van der Waals surface area contributed by atoms with E-state index in [1.165, 1.54) is 0 Å². The number of nitrogens with one attached hydrogen (secondary N) is 2. The Morgan fingerprint density at radius 2 is 2.05 bits per heavy atom. The Bertz CT molecular complexity index is 554.